The Morgan fingerprint density at radius 1 is 1.06 bits per heavy atom. The zero-order valence-electron chi connectivity index (χ0n) is 18.6. The van der Waals surface area contributed by atoms with Gasteiger partial charge in [-0.3, -0.25) is 0 Å². The minimum atomic E-state index is -4.04. The van der Waals surface area contributed by atoms with E-state index in [1.54, 1.807) is 6.92 Å². The van der Waals surface area contributed by atoms with Gasteiger partial charge in [-0.2, -0.15) is 13.2 Å². The van der Waals surface area contributed by atoms with Crippen molar-refractivity contribution in [3.8, 4) is 5.75 Å². The second-order valence-corrected chi connectivity index (χ2v) is 8.39. The summed E-state index contributed by atoms with van der Waals surface area (Å²) in [6, 6.07) is 1.73. The summed E-state index contributed by atoms with van der Waals surface area (Å²) in [5.74, 6) is -2.65. The summed E-state index contributed by atoms with van der Waals surface area (Å²) < 4.78 is 78.3. The summed E-state index contributed by atoms with van der Waals surface area (Å²) in [5, 5.41) is 0. The van der Waals surface area contributed by atoms with Gasteiger partial charge in [0.2, 0.25) is 5.82 Å². The first-order valence-electron chi connectivity index (χ1n) is 11.4. The molecular formula is C24H32F4O4. The third-order valence-corrected chi connectivity index (χ3v) is 6.12. The maximum Gasteiger partial charge on any atom is 0.386 e. The lowest BCUT2D eigenvalue weighted by atomic mass is 9.79. The molecule has 8 heteroatoms. The molecular weight excluding hydrogens is 428 g/mol. The van der Waals surface area contributed by atoms with Crippen LogP contribution in [0.3, 0.4) is 0 Å². The van der Waals surface area contributed by atoms with Crippen molar-refractivity contribution in [3.63, 3.8) is 0 Å². The maximum atomic E-state index is 14.5. The van der Waals surface area contributed by atoms with E-state index in [1.165, 1.54) is 6.42 Å². The van der Waals surface area contributed by atoms with Crippen molar-refractivity contribution in [2.75, 3.05) is 19.8 Å². The van der Waals surface area contributed by atoms with Crippen LogP contribution in [-0.2, 0) is 20.3 Å². The van der Waals surface area contributed by atoms with Crippen LogP contribution >= 0.6 is 0 Å². The molecule has 1 heterocycles. The molecule has 0 unspecified atom stereocenters. The molecule has 1 aliphatic carbocycles. The van der Waals surface area contributed by atoms with Gasteiger partial charge in [-0.25, -0.2) is 4.39 Å². The van der Waals surface area contributed by atoms with Crippen LogP contribution in [0.4, 0.5) is 17.6 Å². The van der Waals surface area contributed by atoms with Crippen LogP contribution in [0.2, 0.25) is 0 Å². The summed E-state index contributed by atoms with van der Waals surface area (Å²) in [6.45, 7) is 3.49. The van der Waals surface area contributed by atoms with Gasteiger partial charge >= 0.3 is 6.11 Å². The SMILES string of the molecule is C/C=C/CCC1CCC(C2OCC(OC(F)(F)c3ccc(OCC)c(F)c3F)CO2)CC1. The van der Waals surface area contributed by atoms with Gasteiger partial charge in [0.15, 0.2) is 17.9 Å². The second kappa shape index (κ2) is 11.5. The average Bonchev–Trinajstić information content (AvgIpc) is 2.78. The van der Waals surface area contributed by atoms with E-state index in [9.17, 15) is 17.6 Å². The van der Waals surface area contributed by atoms with Crippen molar-refractivity contribution < 1.29 is 36.5 Å². The van der Waals surface area contributed by atoms with Gasteiger partial charge in [-0.05, 0) is 70.4 Å². The standard InChI is InChI=1S/C24H32F4O4/c1-3-5-6-7-16-8-10-17(11-9-16)23-30-14-18(15-31-23)32-24(27,28)19-12-13-20(29-4-2)22(26)21(19)25/h3,5,12-13,16-18,23H,4,6-11,14-15H2,1-2H3/b5-3+. The Kier molecular flexibility index (Phi) is 8.96. The molecule has 0 spiro atoms. The molecule has 4 nitrogen and oxygen atoms in total. The van der Waals surface area contributed by atoms with Crippen molar-refractivity contribution >= 4 is 0 Å². The molecule has 0 amide bonds. The fourth-order valence-corrected chi connectivity index (χ4v) is 4.38. The largest absolute Gasteiger partial charge is 0.491 e. The number of alkyl halides is 2. The highest BCUT2D eigenvalue weighted by molar-refractivity contribution is 5.32. The Bertz CT molecular complexity index is 755. The molecule has 1 saturated carbocycles. The van der Waals surface area contributed by atoms with E-state index in [2.05, 4.69) is 12.2 Å². The Balaban J connectivity index is 1.49. The van der Waals surface area contributed by atoms with Crippen LogP contribution < -0.4 is 4.74 Å². The molecule has 0 atom stereocenters. The van der Waals surface area contributed by atoms with Gasteiger partial charge in [-0.1, -0.05) is 12.2 Å². The number of hydrogen-bond donors (Lipinski definition) is 0. The Labute approximate surface area is 186 Å². The third kappa shape index (κ3) is 6.23. The quantitative estimate of drug-likeness (QED) is 0.319. The summed E-state index contributed by atoms with van der Waals surface area (Å²) >= 11 is 0. The molecule has 0 aromatic heterocycles. The Morgan fingerprint density at radius 3 is 2.38 bits per heavy atom. The van der Waals surface area contributed by atoms with Crippen molar-refractivity contribution in [2.45, 2.75) is 70.9 Å². The van der Waals surface area contributed by atoms with Gasteiger partial charge in [-0.15, -0.1) is 0 Å². The number of halogens is 4. The lowest BCUT2D eigenvalue weighted by Gasteiger charge is -2.38. The monoisotopic (exact) mass is 460 g/mol. The predicted molar refractivity (Wildman–Crippen MR) is 111 cm³/mol. The molecule has 1 saturated heterocycles. The molecule has 0 N–H and O–H groups in total. The summed E-state index contributed by atoms with van der Waals surface area (Å²) in [5.41, 5.74) is -1.18. The number of allylic oxidation sites excluding steroid dienone is 2. The van der Waals surface area contributed by atoms with E-state index in [0.29, 0.717) is 5.92 Å². The molecule has 1 aromatic carbocycles. The fraction of sp³-hybridized carbons (Fsp3) is 0.667. The minimum absolute atomic E-state index is 0.0817. The van der Waals surface area contributed by atoms with Crippen molar-refractivity contribution in [3.05, 3.63) is 41.5 Å². The zero-order valence-corrected chi connectivity index (χ0v) is 18.6. The van der Waals surface area contributed by atoms with Crippen LogP contribution in [0.15, 0.2) is 24.3 Å². The van der Waals surface area contributed by atoms with Crippen LogP contribution in [0.25, 0.3) is 0 Å². The average molecular weight is 461 g/mol. The van der Waals surface area contributed by atoms with Crippen molar-refractivity contribution in [1.82, 2.24) is 0 Å². The maximum absolute atomic E-state index is 14.5. The molecule has 0 radical (unpaired) electrons. The van der Waals surface area contributed by atoms with Gasteiger partial charge < -0.3 is 18.9 Å². The van der Waals surface area contributed by atoms with E-state index in [4.69, 9.17) is 18.9 Å². The molecule has 0 bridgehead atoms. The summed E-state index contributed by atoms with van der Waals surface area (Å²) in [4.78, 5) is 0. The van der Waals surface area contributed by atoms with E-state index in [-0.39, 0.29) is 25.7 Å². The van der Waals surface area contributed by atoms with Gasteiger partial charge in [0, 0.05) is 5.92 Å². The van der Waals surface area contributed by atoms with Gasteiger partial charge in [0.05, 0.1) is 25.4 Å². The molecule has 3 rings (SSSR count). The smallest absolute Gasteiger partial charge is 0.386 e. The highest BCUT2D eigenvalue weighted by Gasteiger charge is 2.42. The minimum Gasteiger partial charge on any atom is -0.491 e. The number of hydrogen-bond acceptors (Lipinski definition) is 4. The highest BCUT2D eigenvalue weighted by Crippen LogP contribution is 2.38. The number of rotatable bonds is 9. The van der Waals surface area contributed by atoms with E-state index in [0.717, 1.165) is 44.2 Å². The Morgan fingerprint density at radius 2 is 1.75 bits per heavy atom. The van der Waals surface area contributed by atoms with E-state index < -0.39 is 41.4 Å². The lowest BCUT2D eigenvalue weighted by Crippen LogP contribution is -2.44. The van der Waals surface area contributed by atoms with Gasteiger partial charge in [0.25, 0.3) is 0 Å². The second-order valence-electron chi connectivity index (χ2n) is 8.39. The topological polar surface area (TPSA) is 36.9 Å². The first-order valence-corrected chi connectivity index (χ1v) is 11.4. The lowest BCUT2D eigenvalue weighted by molar-refractivity contribution is -0.326. The molecule has 2 fully saturated rings. The van der Waals surface area contributed by atoms with Gasteiger partial charge in [0.1, 0.15) is 6.10 Å². The molecule has 32 heavy (non-hydrogen) atoms. The number of ether oxygens (including phenoxy) is 4. The Hall–Kier alpha value is -1.64. The summed E-state index contributed by atoms with van der Waals surface area (Å²) in [7, 11) is 0. The first kappa shape index (κ1) is 25.0. The molecule has 1 aromatic rings. The molecule has 2 aliphatic rings. The zero-order chi connectivity index (χ0) is 23.1. The summed E-state index contributed by atoms with van der Waals surface area (Å²) in [6.07, 6.45) is 5.11. The predicted octanol–water partition coefficient (Wildman–Crippen LogP) is 6.33. The normalized spacial score (nSPS) is 27.1. The van der Waals surface area contributed by atoms with Crippen molar-refractivity contribution in [1.29, 1.82) is 0 Å². The van der Waals surface area contributed by atoms with Crippen LogP contribution in [0, 0.1) is 23.5 Å². The molecule has 180 valence electrons. The number of benzene rings is 1. The van der Waals surface area contributed by atoms with Crippen LogP contribution in [-0.4, -0.2) is 32.2 Å². The first-order chi connectivity index (χ1) is 15.4. The fourth-order valence-electron chi connectivity index (χ4n) is 4.38. The van der Waals surface area contributed by atoms with Crippen LogP contribution in [0.5, 0.6) is 5.75 Å². The van der Waals surface area contributed by atoms with Crippen LogP contribution in [0.1, 0.15) is 57.9 Å². The third-order valence-electron chi connectivity index (χ3n) is 6.12. The molecule has 1 aliphatic heterocycles. The van der Waals surface area contributed by atoms with Crippen molar-refractivity contribution in [2.24, 2.45) is 11.8 Å². The highest BCUT2D eigenvalue weighted by atomic mass is 19.3. The van der Waals surface area contributed by atoms with E-state index in [1.807, 2.05) is 6.92 Å². The van der Waals surface area contributed by atoms with E-state index >= 15 is 0 Å².